The molecule has 1 aliphatic heterocycles. The lowest BCUT2D eigenvalue weighted by molar-refractivity contribution is -0.122. The Kier molecular flexibility index (Phi) is 5.51. The minimum absolute atomic E-state index is 0.139. The number of aromatic nitrogens is 1. The minimum Gasteiger partial charge on any atom is -0.355 e. The number of halogens is 1. The highest BCUT2D eigenvalue weighted by atomic mass is 35.5. The number of nitrogens with one attached hydrogen (secondary N) is 1. The fraction of sp³-hybridized carbons (Fsp3) is 0.529. The Balaban J connectivity index is 1.56. The molecule has 1 fully saturated rings. The SMILES string of the molecule is CCCNC(=O)CN1CCC(c2nc3cc(Cl)ccc3s2)CC1. The molecule has 0 saturated carbocycles. The van der Waals surface area contributed by atoms with Crippen molar-refractivity contribution in [3.8, 4) is 0 Å². The summed E-state index contributed by atoms with van der Waals surface area (Å²) < 4.78 is 1.20. The van der Waals surface area contributed by atoms with E-state index in [1.807, 2.05) is 18.2 Å². The molecule has 3 rings (SSSR count). The zero-order valence-electron chi connectivity index (χ0n) is 13.3. The summed E-state index contributed by atoms with van der Waals surface area (Å²) in [5.41, 5.74) is 0.999. The van der Waals surface area contributed by atoms with Crippen molar-refractivity contribution in [2.24, 2.45) is 0 Å². The Bertz CT molecular complexity index is 680. The van der Waals surface area contributed by atoms with Gasteiger partial charge in [0.05, 0.1) is 21.8 Å². The van der Waals surface area contributed by atoms with Gasteiger partial charge in [-0.25, -0.2) is 4.98 Å². The van der Waals surface area contributed by atoms with Crippen LogP contribution in [0.4, 0.5) is 0 Å². The highest BCUT2D eigenvalue weighted by Crippen LogP contribution is 2.34. The molecule has 0 spiro atoms. The van der Waals surface area contributed by atoms with Gasteiger partial charge in [-0.2, -0.15) is 0 Å². The summed E-state index contributed by atoms with van der Waals surface area (Å²) >= 11 is 7.81. The number of benzene rings is 1. The van der Waals surface area contributed by atoms with Gasteiger partial charge in [-0.1, -0.05) is 18.5 Å². The molecule has 1 aromatic carbocycles. The molecular weight excluding hydrogens is 330 g/mol. The molecule has 1 saturated heterocycles. The van der Waals surface area contributed by atoms with Gasteiger partial charge in [0, 0.05) is 17.5 Å². The van der Waals surface area contributed by atoms with Crippen molar-refractivity contribution in [3.05, 3.63) is 28.2 Å². The van der Waals surface area contributed by atoms with E-state index >= 15 is 0 Å². The largest absolute Gasteiger partial charge is 0.355 e. The van der Waals surface area contributed by atoms with Crippen molar-refractivity contribution in [1.29, 1.82) is 0 Å². The summed E-state index contributed by atoms with van der Waals surface area (Å²) in [6, 6.07) is 5.90. The van der Waals surface area contributed by atoms with Crippen molar-refractivity contribution >= 4 is 39.1 Å². The first-order chi connectivity index (χ1) is 11.2. The van der Waals surface area contributed by atoms with Gasteiger partial charge in [0.25, 0.3) is 0 Å². The van der Waals surface area contributed by atoms with E-state index < -0.39 is 0 Å². The maximum absolute atomic E-state index is 11.8. The predicted molar refractivity (Wildman–Crippen MR) is 96.3 cm³/mol. The standard InChI is InChI=1S/C17H22ClN3OS/c1-2-7-19-16(22)11-21-8-5-12(6-9-21)17-20-14-10-13(18)3-4-15(14)23-17/h3-4,10,12H,2,5-9,11H2,1H3,(H,19,22). The van der Waals surface area contributed by atoms with Crippen LogP contribution in [0.1, 0.15) is 37.1 Å². The number of nitrogens with zero attached hydrogens (tertiary/aromatic N) is 2. The Labute approximate surface area is 145 Å². The van der Waals surface area contributed by atoms with E-state index in [2.05, 4.69) is 17.1 Å². The zero-order chi connectivity index (χ0) is 16.2. The van der Waals surface area contributed by atoms with Crippen LogP contribution in [-0.2, 0) is 4.79 Å². The number of thiazole rings is 1. The summed E-state index contributed by atoms with van der Waals surface area (Å²) in [6.07, 6.45) is 3.11. The molecule has 2 heterocycles. The maximum atomic E-state index is 11.8. The Morgan fingerprint density at radius 1 is 1.43 bits per heavy atom. The van der Waals surface area contributed by atoms with Gasteiger partial charge in [-0.3, -0.25) is 9.69 Å². The predicted octanol–water partition coefficient (Wildman–Crippen LogP) is 3.66. The van der Waals surface area contributed by atoms with Crippen LogP contribution in [0, 0.1) is 0 Å². The molecule has 0 radical (unpaired) electrons. The van der Waals surface area contributed by atoms with E-state index in [1.165, 1.54) is 9.71 Å². The summed E-state index contributed by atoms with van der Waals surface area (Å²) in [6.45, 7) is 5.27. The van der Waals surface area contributed by atoms with Gasteiger partial charge in [0.2, 0.25) is 5.91 Å². The van der Waals surface area contributed by atoms with E-state index in [0.717, 1.165) is 49.4 Å². The van der Waals surface area contributed by atoms with E-state index in [0.29, 0.717) is 12.5 Å². The topological polar surface area (TPSA) is 45.2 Å². The second kappa shape index (κ2) is 7.60. The van der Waals surface area contributed by atoms with Gasteiger partial charge in [-0.05, 0) is 50.6 Å². The average Bonchev–Trinajstić information content (AvgIpc) is 2.96. The zero-order valence-corrected chi connectivity index (χ0v) is 14.9. The number of amides is 1. The van der Waals surface area contributed by atoms with Crippen molar-refractivity contribution in [2.75, 3.05) is 26.2 Å². The lowest BCUT2D eigenvalue weighted by atomic mass is 9.97. The molecule has 0 unspecified atom stereocenters. The lowest BCUT2D eigenvalue weighted by Crippen LogP contribution is -2.41. The van der Waals surface area contributed by atoms with Crippen LogP contribution in [0.5, 0.6) is 0 Å². The molecule has 0 bridgehead atoms. The number of likely N-dealkylation sites (tertiary alicyclic amines) is 1. The van der Waals surface area contributed by atoms with E-state index in [4.69, 9.17) is 16.6 Å². The number of carbonyl (C=O) groups excluding carboxylic acids is 1. The molecule has 124 valence electrons. The molecule has 0 aliphatic carbocycles. The molecule has 2 aromatic rings. The van der Waals surface area contributed by atoms with Crippen molar-refractivity contribution in [3.63, 3.8) is 0 Å². The van der Waals surface area contributed by atoms with Crippen LogP contribution in [-0.4, -0.2) is 42.0 Å². The van der Waals surface area contributed by atoms with Gasteiger partial charge >= 0.3 is 0 Å². The fourth-order valence-corrected chi connectivity index (χ4v) is 4.24. The number of carbonyl (C=O) groups is 1. The molecule has 1 N–H and O–H groups in total. The van der Waals surface area contributed by atoms with Crippen LogP contribution in [0.2, 0.25) is 5.02 Å². The van der Waals surface area contributed by atoms with E-state index in [9.17, 15) is 4.79 Å². The molecule has 1 aliphatic rings. The fourth-order valence-electron chi connectivity index (χ4n) is 2.95. The lowest BCUT2D eigenvalue weighted by Gasteiger charge is -2.30. The first-order valence-electron chi connectivity index (χ1n) is 8.20. The number of hydrogen-bond donors (Lipinski definition) is 1. The summed E-state index contributed by atoms with van der Waals surface area (Å²) in [4.78, 5) is 18.8. The van der Waals surface area contributed by atoms with Crippen LogP contribution in [0.3, 0.4) is 0 Å². The van der Waals surface area contributed by atoms with Gasteiger partial charge < -0.3 is 5.32 Å². The van der Waals surface area contributed by atoms with E-state index in [1.54, 1.807) is 11.3 Å². The third-order valence-electron chi connectivity index (χ3n) is 4.24. The monoisotopic (exact) mass is 351 g/mol. The number of piperidine rings is 1. The Morgan fingerprint density at radius 2 is 2.22 bits per heavy atom. The minimum atomic E-state index is 0.139. The second-order valence-electron chi connectivity index (χ2n) is 6.06. The quantitative estimate of drug-likeness (QED) is 0.894. The first kappa shape index (κ1) is 16.7. The third kappa shape index (κ3) is 4.22. The molecule has 4 nitrogen and oxygen atoms in total. The molecule has 1 aromatic heterocycles. The van der Waals surface area contributed by atoms with Gasteiger partial charge in [0.15, 0.2) is 0 Å². The van der Waals surface area contributed by atoms with Crippen molar-refractivity contribution < 1.29 is 4.79 Å². The summed E-state index contributed by atoms with van der Waals surface area (Å²) in [5.74, 6) is 0.640. The highest BCUT2D eigenvalue weighted by molar-refractivity contribution is 7.18. The van der Waals surface area contributed by atoms with Crippen LogP contribution in [0.25, 0.3) is 10.2 Å². The smallest absolute Gasteiger partial charge is 0.234 e. The Morgan fingerprint density at radius 3 is 2.96 bits per heavy atom. The summed E-state index contributed by atoms with van der Waals surface area (Å²) in [5, 5.41) is 4.89. The van der Waals surface area contributed by atoms with Gasteiger partial charge in [-0.15, -0.1) is 11.3 Å². The molecule has 1 amide bonds. The molecule has 6 heteroatoms. The Hall–Kier alpha value is -1.17. The molecule has 23 heavy (non-hydrogen) atoms. The maximum Gasteiger partial charge on any atom is 0.234 e. The molecular formula is C17H22ClN3OS. The first-order valence-corrected chi connectivity index (χ1v) is 9.40. The number of fused-ring (bicyclic) bond motifs is 1. The highest BCUT2D eigenvalue weighted by Gasteiger charge is 2.24. The second-order valence-corrected chi connectivity index (χ2v) is 7.56. The van der Waals surface area contributed by atoms with Crippen molar-refractivity contribution in [1.82, 2.24) is 15.2 Å². The van der Waals surface area contributed by atoms with E-state index in [-0.39, 0.29) is 5.91 Å². The number of hydrogen-bond acceptors (Lipinski definition) is 4. The third-order valence-corrected chi connectivity index (χ3v) is 5.68. The summed E-state index contributed by atoms with van der Waals surface area (Å²) in [7, 11) is 0. The molecule has 0 atom stereocenters. The van der Waals surface area contributed by atoms with Crippen LogP contribution in [0.15, 0.2) is 18.2 Å². The average molecular weight is 352 g/mol. The van der Waals surface area contributed by atoms with Crippen LogP contribution >= 0.6 is 22.9 Å². The normalized spacial score (nSPS) is 16.8. The van der Waals surface area contributed by atoms with Crippen molar-refractivity contribution in [2.45, 2.75) is 32.1 Å². The number of rotatable bonds is 5. The van der Waals surface area contributed by atoms with Gasteiger partial charge in [0.1, 0.15) is 0 Å². The van der Waals surface area contributed by atoms with Crippen LogP contribution < -0.4 is 5.32 Å².